The van der Waals surface area contributed by atoms with Crippen LogP contribution < -0.4 is 5.32 Å². The number of rotatable bonds is 5. The van der Waals surface area contributed by atoms with Gasteiger partial charge < -0.3 is 15.2 Å². The molecule has 1 fully saturated rings. The summed E-state index contributed by atoms with van der Waals surface area (Å²) in [5.41, 5.74) is -0.530. The van der Waals surface area contributed by atoms with Gasteiger partial charge in [-0.1, -0.05) is 6.07 Å². The molecule has 1 saturated carbocycles. The van der Waals surface area contributed by atoms with Crippen LogP contribution >= 0.6 is 0 Å². The monoisotopic (exact) mass is 443 g/mol. The summed E-state index contributed by atoms with van der Waals surface area (Å²) in [4.78, 5) is 13.8. The molecule has 0 saturated heterocycles. The van der Waals surface area contributed by atoms with Crippen molar-refractivity contribution in [3.05, 3.63) is 53.7 Å². The molecule has 4 aromatic rings. The minimum atomic E-state index is -3.50. The summed E-state index contributed by atoms with van der Waals surface area (Å²) in [5.74, 6) is -3.11. The van der Waals surface area contributed by atoms with Gasteiger partial charge in [0, 0.05) is 19.2 Å². The number of aromatic nitrogens is 6. The third kappa shape index (κ3) is 4.15. The van der Waals surface area contributed by atoms with Crippen molar-refractivity contribution in [3.63, 3.8) is 0 Å². The maximum atomic E-state index is 15.2. The molecule has 168 valence electrons. The van der Waals surface area contributed by atoms with Crippen LogP contribution in [0, 0.1) is 5.92 Å². The molecule has 0 atom stereocenters. The van der Waals surface area contributed by atoms with Gasteiger partial charge in [-0.3, -0.25) is 4.40 Å². The largest absolute Gasteiger partial charge is 0.386 e. The van der Waals surface area contributed by atoms with Crippen molar-refractivity contribution in [2.24, 2.45) is 5.92 Å². The number of imidazole rings is 1. The Labute approximate surface area is 182 Å². The second-order valence-corrected chi connectivity index (χ2v) is 8.17. The van der Waals surface area contributed by atoms with Crippen LogP contribution in [0.5, 0.6) is 0 Å². The molecule has 0 aliphatic heterocycles. The summed E-state index contributed by atoms with van der Waals surface area (Å²) < 4.78 is 32.8. The highest BCUT2D eigenvalue weighted by Gasteiger charge is 2.41. The summed E-state index contributed by atoms with van der Waals surface area (Å²) in [6.07, 6.45) is 6.24. The van der Waals surface area contributed by atoms with Crippen molar-refractivity contribution in [1.29, 1.82) is 0 Å². The fraction of sp³-hybridized carbons (Fsp3) is 0.381. The SMILES string of the molecule is CNc1cn2nc(C(F)(F)c3nnc4ccc(C(C)(C)O)cn34)ccc2n1.O=CC1CC1. The number of anilines is 1. The molecule has 0 radical (unpaired) electrons. The first-order chi connectivity index (χ1) is 15.1. The van der Waals surface area contributed by atoms with Crippen molar-refractivity contribution in [2.75, 3.05) is 12.4 Å². The van der Waals surface area contributed by atoms with Crippen LogP contribution in [0.25, 0.3) is 11.3 Å². The van der Waals surface area contributed by atoms with E-state index in [9.17, 15) is 9.90 Å². The molecule has 0 aromatic carbocycles. The third-order valence-corrected chi connectivity index (χ3v) is 5.10. The number of alkyl halides is 2. The second-order valence-electron chi connectivity index (χ2n) is 8.17. The number of nitrogens with zero attached hydrogens (tertiary/aromatic N) is 6. The molecule has 1 aliphatic rings. The number of carbonyl (C=O) groups is 1. The zero-order valence-electron chi connectivity index (χ0n) is 17.8. The van der Waals surface area contributed by atoms with Gasteiger partial charge in [-0.15, -0.1) is 10.2 Å². The molecule has 0 bridgehead atoms. The molecule has 0 spiro atoms. The number of aldehydes is 1. The summed E-state index contributed by atoms with van der Waals surface area (Å²) in [5, 5.41) is 24.5. The zero-order valence-corrected chi connectivity index (χ0v) is 17.8. The Morgan fingerprint density at radius 2 is 1.84 bits per heavy atom. The van der Waals surface area contributed by atoms with Crippen molar-refractivity contribution in [2.45, 2.75) is 38.2 Å². The topological polar surface area (TPSA) is 110 Å². The van der Waals surface area contributed by atoms with E-state index in [2.05, 4.69) is 25.6 Å². The van der Waals surface area contributed by atoms with Gasteiger partial charge in [0.05, 0.1) is 11.8 Å². The lowest BCUT2D eigenvalue weighted by molar-refractivity contribution is -0.108. The first-order valence-corrected chi connectivity index (χ1v) is 10.1. The van der Waals surface area contributed by atoms with Gasteiger partial charge in [-0.25, -0.2) is 9.50 Å². The van der Waals surface area contributed by atoms with E-state index < -0.39 is 23.0 Å². The highest BCUT2D eigenvalue weighted by molar-refractivity contribution is 5.56. The number of nitrogens with one attached hydrogen (secondary N) is 1. The quantitative estimate of drug-likeness (QED) is 0.457. The minimum absolute atomic E-state index is 0.249. The van der Waals surface area contributed by atoms with E-state index >= 15 is 8.78 Å². The van der Waals surface area contributed by atoms with Crippen LogP contribution in [-0.4, -0.2) is 47.6 Å². The van der Waals surface area contributed by atoms with Crippen LogP contribution in [-0.2, 0) is 16.3 Å². The maximum absolute atomic E-state index is 15.2. The Bertz CT molecular complexity index is 1270. The van der Waals surface area contributed by atoms with E-state index in [1.807, 2.05) is 0 Å². The molecule has 2 N–H and O–H groups in total. The average Bonchev–Trinajstić information content (AvgIpc) is 3.35. The van der Waals surface area contributed by atoms with Crippen LogP contribution in [0.2, 0.25) is 0 Å². The Hall–Kier alpha value is -3.47. The molecule has 32 heavy (non-hydrogen) atoms. The van der Waals surface area contributed by atoms with E-state index in [1.165, 1.54) is 39.5 Å². The molecule has 4 aromatic heterocycles. The van der Waals surface area contributed by atoms with Gasteiger partial charge in [0.2, 0.25) is 5.82 Å². The lowest BCUT2D eigenvalue weighted by atomic mass is 10.0. The molecule has 5 rings (SSSR count). The van der Waals surface area contributed by atoms with Gasteiger partial charge in [-0.05, 0) is 50.5 Å². The number of pyridine rings is 1. The van der Waals surface area contributed by atoms with Crippen molar-refractivity contribution in [1.82, 2.24) is 29.2 Å². The Balaban J connectivity index is 0.000000433. The number of carbonyl (C=O) groups excluding carboxylic acids is 1. The van der Waals surface area contributed by atoms with Crippen LogP contribution in [0.1, 0.15) is 43.8 Å². The summed E-state index contributed by atoms with van der Waals surface area (Å²) >= 11 is 0. The second kappa shape index (κ2) is 7.90. The number of aliphatic hydroxyl groups is 1. The van der Waals surface area contributed by atoms with Gasteiger partial charge in [0.15, 0.2) is 11.3 Å². The summed E-state index contributed by atoms with van der Waals surface area (Å²) in [6, 6.07) is 5.83. The number of hydrogen-bond donors (Lipinski definition) is 2. The molecule has 11 heteroatoms. The summed E-state index contributed by atoms with van der Waals surface area (Å²) in [6.45, 7) is 3.15. The highest BCUT2D eigenvalue weighted by atomic mass is 19.3. The van der Waals surface area contributed by atoms with Gasteiger partial charge in [-0.2, -0.15) is 13.9 Å². The Morgan fingerprint density at radius 1 is 1.12 bits per heavy atom. The highest BCUT2D eigenvalue weighted by Crippen LogP contribution is 2.34. The zero-order chi connectivity index (χ0) is 23.1. The Morgan fingerprint density at radius 3 is 2.44 bits per heavy atom. The normalized spacial score (nSPS) is 14.3. The molecule has 0 amide bonds. The van der Waals surface area contributed by atoms with E-state index in [-0.39, 0.29) is 5.65 Å². The van der Waals surface area contributed by atoms with E-state index in [1.54, 1.807) is 27.0 Å². The predicted octanol–water partition coefficient (Wildman–Crippen LogP) is 2.78. The fourth-order valence-corrected chi connectivity index (χ4v) is 2.98. The number of fused-ring (bicyclic) bond motifs is 2. The van der Waals surface area contributed by atoms with Gasteiger partial charge in [0.25, 0.3) is 0 Å². The molecular formula is C21H23F2N7O2. The molecule has 0 unspecified atom stereocenters. The predicted molar refractivity (Wildman–Crippen MR) is 113 cm³/mol. The first-order valence-electron chi connectivity index (χ1n) is 10.1. The first kappa shape index (κ1) is 21.8. The number of halogens is 2. The van der Waals surface area contributed by atoms with Gasteiger partial charge in [0.1, 0.15) is 17.8 Å². The van der Waals surface area contributed by atoms with Crippen molar-refractivity contribution in [3.8, 4) is 0 Å². The maximum Gasteiger partial charge on any atom is 0.350 e. The Kier molecular flexibility index (Phi) is 5.37. The average molecular weight is 443 g/mol. The van der Waals surface area contributed by atoms with E-state index in [0.29, 0.717) is 22.9 Å². The minimum Gasteiger partial charge on any atom is -0.386 e. The molecular weight excluding hydrogens is 420 g/mol. The fourth-order valence-electron chi connectivity index (χ4n) is 2.98. The van der Waals surface area contributed by atoms with E-state index in [4.69, 9.17) is 0 Å². The lowest BCUT2D eigenvalue weighted by Gasteiger charge is -2.19. The molecule has 1 aliphatic carbocycles. The third-order valence-electron chi connectivity index (χ3n) is 5.10. The van der Waals surface area contributed by atoms with Crippen LogP contribution in [0.3, 0.4) is 0 Å². The van der Waals surface area contributed by atoms with Gasteiger partial charge >= 0.3 is 5.92 Å². The molecule has 9 nitrogen and oxygen atoms in total. The standard InChI is InChI=1S/C17H17F2N7O.C4H6O/c1-16(2,27)10-4-6-14-22-23-15(25(14)8-10)17(18,19)11-5-7-13-21-12(20-3)9-26(13)24-11;5-3-4-1-2-4/h4-9,20,27H,1-3H3;3-4H,1-2H2. The van der Waals surface area contributed by atoms with E-state index in [0.717, 1.165) is 19.1 Å². The number of hydrogen-bond acceptors (Lipinski definition) is 7. The summed E-state index contributed by atoms with van der Waals surface area (Å²) in [7, 11) is 1.68. The van der Waals surface area contributed by atoms with Crippen molar-refractivity contribution >= 4 is 23.4 Å². The van der Waals surface area contributed by atoms with Crippen LogP contribution in [0.15, 0.2) is 36.7 Å². The molecule has 4 heterocycles. The van der Waals surface area contributed by atoms with Crippen LogP contribution in [0.4, 0.5) is 14.6 Å². The van der Waals surface area contributed by atoms with Crippen molar-refractivity contribution < 1.29 is 18.7 Å². The smallest absolute Gasteiger partial charge is 0.350 e. The lowest BCUT2D eigenvalue weighted by Crippen LogP contribution is -2.23.